The molecule has 0 saturated heterocycles. The summed E-state index contributed by atoms with van der Waals surface area (Å²) in [5.74, 6) is -0.224. The molecule has 3 nitrogen and oxygen atoms in total. The summed E-state index contributed by atoms with van der Waals surface area (Å²) in [5, 5.41) is 0.163. The van der Waals surface area contributed by atoms with Crippen molar-refractivity contribution in [1.29, 1.82) is 0 Å². The van der Waals surface area contributed by atoms with Gasteiger partial charge < -0.3 is 9.16 Å². The molecule has 0 fully saturated rings. The molecule has 0 bridgehead atoms. The summed E-state index contributed by atoms with van der Waals surface area (Å²) in [4.78, 5) is 11.2. The Bertz CT molecular complexity index is 318. The standard InChI is InChI=1S/C16H32O3Si/c1-9-11-15(18-13(3)17)12-14(10-2)19-20(7,8)16(4,5)6/h10,14-15H,2,9,11-12H2,1,3-8H3/t14-,15+/m0/s1. The highest BCUT2D eigenvalue weighted by atomic mass is 28.4. The summed E-state index contributed by atoms with van der Waals surface area (Å²) in [6, 6.07) is 0. The van der Waals surface area contributed by atoms with Gasteiger partial charge in [0, 0.05) is 13.3 Å². The first-order valence-electron chi connectivity index (χ1n) is 7.51. The lowest BCUT2D eigenvalue weighted by atomic mass is 10.1. The van der Waals surface area contributed by atoms with Crippen LogP contribution in [0.5, 0.6) is 0 Å². The van der Waals surface area contributed by atoms with Gasteiger partial charge in [-0.15, -0.1) is 6.58 Å². The molecule has 0 amide bonds. The van der Waals surface area contributed by atoms with Gasteiger partial charge in [0.15, 0.2) is 8.32 Å². The third kappa shape index (κ3) is 6.71. The van der Waals surface area contributed by atoms with Gasteiger partial charge in [-0.05, 0) is 24.6 Å². The van der Waals surface area contributed by atoms with E-state index in [2.05, 4.69) is 47.4 Å². The molecule has 0 aliphatic heterocycles. The Kier molecular flexibility index (Phi) is 7.74. The van der Waals surface area contributed by atoms with Gasteiger partial charge in [0.1, 0.15) is 6.10 Å². The van der Waals surface area contributed by atoms with E-state index in [1.54, 1.807) is 0 Å². The van der Waals surface area contributed by atoms with Crippen molar-refractivity contribution in [2.24, 2.45) is 0 Å². The molecule has 0 N–H and O–H groups in total. The molecule has 0 rings (SSSR count). The van der Waals surface area contributed by atoms with Gasteiger partial charge in [0.2, 0.25) is 0 Å². The highest BCUT2D eigenvalue weighted by Crippen LogP contribution is 2.38. The normalized spacial score (nSPS) is 15.6. The number of hydrogen-bond donors (Lipinski definition) is 0. The van der Waals surface area contributed by atoms with E-state index in [4.69, 9.17) is 9.16 Å². The SMILES string of the molecule is C=C[C@@H](C[C@@H](CCC)OC(C)=O)O[Si](C)(C)C(C)(C)C. The third-order valence-corrected chi connectivity index (χ3v) is 8.46. The van der Waals surface area contributed by atoms with Crippen LogP contribution in [0.15, 0.2) is 12.7 Å². The van der Waals surface area contributed by atoms with Crippen molar-refractivity contribution in [3.05, 3.63) is 12.7 Å². The topological polar surface area (TPSA) is 35.5 Å². The monoisotopic (exact) mass is 300 g/mol. The maximum Gasteiger partial charge on any atom is 0.302 e. The Morgan fingerprint density at radius 3 is 2.25 bits per heavy atom. The number of rotatable bonds is 8. The highest BCUT2D eigenvalue weighted by Gasteiger charge is 2.39. The van der Waals surface area contributed by atoms with Gasteiger partial charge in [-0.3, -0.25) is 4.79 Å². The Morgan fingerprint density at radius 1 is 1.35 bits per heavy atom. The first kappa shape index (κ1) is 19.4. The van der Waals surface area contributed by atoms with E-state index in [1.165, 1.54) is 6.92 Å². The van der Waals surface area contributed by atoms with Crippen molar-refractivity contribution in [2.75, 3.05) is 0 Å². The van der Waals surface area contributed by atoms with Crippen LogP contribution in [0.25, 0.3) is 0 Å². The van der Waals surface area contributed by atoms with Crippen LogP contribution in [0.1, 0.15) is 53.9 Å². The van der Waals surface area contributed by atoms with E-state index in [0.29, 0.717) is 6.42 Å². The third-order valence-electron chi connectivity index (χ3n) is 3.95. The smallest absolute Gasteiger partial charge is 0.302 e. The van der Waals surface area contributed by atoms with Crippen LogP contribution in [0, 0.1) is 0 Å². The zero-order chi connectivity index (χ0) is 16.0. The van der Waals surface area contributed by atoms with Gasteiger partial charge in [0.05, 0.1) is 6.10 Å². The van der Waals surface area contributed by atoms with E-state index >= 15 is 0 Å². The van der Waals surface area contributed by atoms with Crippen molar-refractivity contribution in [2.45, 2.75) is 84.2 Å². The minimum atomic E-state index is -1.83. The number of ether oxygens (including phenoxy) is 1. The van der Waals surface area contributed by atoms with Crippen LogP contribution in [0.4, 0.5) is 0 Å². The summed E-state index contributed by atoms with van der Waals surface area (Å²) in [7, 11) is -1.83. The lowest BCUT2D eigenvalue weighted by Gasteiger charge is -2.39. The molecule has 4 heteroatoms. The molecule has 0 unspecified atom stereocenters. The van der Waals surface area contributed by atoms with Gasteiger partial charge in [-0.2, -0.15) is 0 Å². The minimum absolute atomic E-state index is 0.0493. The fourth-order valence-corrected chi connectivity index (χ4v) is 3.09. The molecule has 2 atom stereocenters. The fraction of sp³-hybridized carbons (Fsp3) is 0.812. The van der Waals surface area contributed by atoms with Crippen LogP contribution < -0.4 is 0 Å². The molecule has 0 aliphatic carbocycles. The van der Waals surface area contributed by atoms with E-state index in [0.717, 1.165) is 12.8 Å². The second-order valence-corrected chi connectivity index (χ2v) is 11.7. The summed E-state index contributed by atoms with van der Waals surface area (Å²) < 4.78 is 11.7. The van der Waals surface area contributed by atoms with Gasteiger partial charge >= 0.3 is 5.97 Å². The zero-order valence-electron chi connectivity index (χ0n) is 14.3. The van der Waals surface area contributed by atoms with Crippen LogP contribution in [0.2, 0.25) is 18.1 Å². The maximum absolute atomic E-state index is 11.2. The molecular formula is C16H32O3Si. The van der Waals surface area contributed by atoms with Crippen molar-refractivity contribution in [3.8, 4) is 0 Å². The van der Waals surface area contributed by atoms with E-state index in [1.807, 2.05) is 6.08 Å². The Balaban J connectivity index is 4.74. The summed E-state index contributed by atoms with van der Waals surface area (Å²) in [6.07, 6.45) is 4.26. The van der Waals surface area contributed by atoms with Crippen LogP contribution in [0.3, 0.4) is 0 Å². The molecular weight excluding hydrogens is 268 g/mol. The summed E-state index contributed by atoms with van der Waals surface area (Å²) in [6.45, 7) is 18.5. The molecule has 0 spiro atoms. The van der Waals surface area contributed by atoms with Gasteiger partial charge in [0.25, 0.3) is 0 Å². The zero-order valence-corrected chi connectivity index (χ0v) is 15.3. The first-order valence-corrected chi connectivity index (χ1v) is 10.4. The molecule has 0 saturated carbocycles. The van der Waals surface area contributed by atoms with E-state index in [-0.39, 0.29) is 23.2 Å². The van der Waals surface area contributed by atoms with Crippen molar-refractivity contribution < 1.29 is 14.0 Å². The molecule has 0 aromatic rings. The average molecular weight is 301 g/mol. The Labute approximate surface area is 125 Å². The number of esters is 1. The largest absolute Gasteiger partial charge is 0.462 e. The van der Waals surface area contributed by atoms with E-state index in [9.17, 15) is 4.79 Å². The highest BCUT2D eigenvalue weighted by molar-refractivity contribution is 6.74. The molecule has 20 heavy (non-hydrogen) atoms. The second-order valence-electron chi connectivity index (χ2n) is 6.91. The van der Waals surface area contributed by atoms with Crippen LogP contribution >= 0.6 is 0 Å². The summed E-state index contributed by atoms with van der Waals surface area (Å²) >= 11 is 0. The summed E-state index contributed by atoms with van der Waals surface area (Å²) in [5.41, 5.74) is 0. The van der Waals surface area contributed by atoms with Crippen LogP contribution in [-0.4, -0.2) is 26.5 Å². The predicted octanol–water partition coefficient (Wildman–Crippen LogP) is 4.68. The van der Waals surface area contributed by atoms with Crippen molar-refractivity contribution in [1.82, 2.24) is 0 Å². The quantitative estimate of drug-likeness (QED) is 0.371. The van der Waals surface area contributed by atoms with Crippen LogP contribution in [-0.2, 0) is 14.0 Å². The molecule has 0 radical (unpaired) electrons. The molecule has 0 aromatic heterocycles. The molecule has 0 aromatic carbocycles. The fourth-order valence-electron chi connectivity index (χ4n) is 1.79. The molecule has 0 aliphatic rings. The first-order chi connectivity index (χ1) is 9.03. The Hall–Kier alpha value is -0.613. The van der Waals surface area contributed by atoms with Gasteiger partial charge in [-0.1, -0.05) is 40.2 Å². The van der Waals surface area contributed by atoms with Crippen molar-refractivity contribution >= 4 is 14.3 Å². The second kappa shape index (κ2) is 7.98. The number of hydrogen-bond acceptors (Lipinski definition) is 3. The Morgan fingerprint density at radius 2 is 1.90 bits per heavy atom. The molecule has 0 heterocycles. The lowest BCUT2D eigenvalue weighted by molar-refractivity contribution is -0.147. The van der Waals surface area contributed by atoms with Gasteiger partial charge in [-0.25, -0.2) is 0 Å². The number of carbonyl (C=O) groups is 1. The predicted molar refractivity (Wildman–Crippen MR) is 87.3 cm³/mol. The van der Waals surface area contributed by atoms with E-state index < -0.39 is 8.32 Å². The van der Waals surface area contributed by atoms with Crippen molar-refractivity contribution in [3.63, 3.8) is 0 Å². The molecule has 118 valence electrons. The number of carbonyl (C=O) groups excluding carboxylic acids is 1. The average Bonchev–Trinajstić information content (AvgIpc) is 2.25. The lowest BCUT2D eigenvalue weighted by Crippen LogP contribution is -2.44. The maximum atomic E-state index is 11.2. The minimum Gasteiger partial charge on any atom is -0.462 e.